The minimum Gasteiger partial charge on any atom is -0.497 e. The van der Waals surface area contributed by atoms with E-state index in [4.69, 9.17) is 4.74 Å². The molecule has 0 radical (unpaired) electrons. The second-order valence-corrected chi connectivity index (χ2v) is 4.71. The first kappa shape index (κ1) is 13.0. The van der Waals surface area contributed by atoms with Crippen LogP contribution in [0.15, 0.2) is 24.3 Å². The van der Waals surface area contributed by atoms with E-state index in [1.807, 2.05) is 12.1 Å². The molecule has 0 atom stereocenters. The van der Waals surface area contributed by atoms with E-state index in [9.17, 15) is 0 Å². The largest absolute Gasteiger partial charge is 0.497 e. The summed E-state index contributed by atoms with van der Waals surface area (Å²) in [6.07, 6.45) is 0. The molecule has 0 aliphatic rings. The summed E-state index contributed by atoms with van der Waals surface area (Å²) >= 11 is 0. The fraction of sp³-hybridized carbons (Fsp3) is 0.571. The van der Waals surface area contributed by atoms with E-state index in [0.717, 1.165) is 12.3 Å². The summed E-state index contributed by atoms with van der Waals surface area (Å²) in [5.74, 6) is 0.921. The molecule has 0 unspecified atom stereocenters. The standard InChI is InChI=1S/C14H23NO/c1-11(2)15(12(3)4)10-13-6-8-14(16-5)9-7-13/h6-9,11-12H,10H2,1-5H3. The van der Waals surface area contributed by atoms with Gasteiger partial charge in [0.1, 0.15) is 5.75 Å². The van der Waals surface area contributed by atoms with Crippen molar-refractivity contribution in [1.29, 1.82) is 0 Å². The van der Waals surface area contributed by atoms with Gasteiger partial charge in [0.25, 0.3) is 0 Å². The lowest BCUT2D eigenvalue weighted by Crippen LogP contribution is -2.36. The highest BCUT2D eigenvalue weighted by molar-refractivity contribution is 5.27. The van der Waals surface area contributed by atoms with Gasteiger partial charge in [0.15, 0.2) is 0 Å². The molecule has 0 saturated carbocycles. The summed E-state index contributed by atoms with van der Waals surface area (Å²) in [4.78, 5) is 2.47. The van der Waals surface area contributed by atoms with Gasteiger partial charge in [-0.3, -0.25) is 4.90 Å². The Hall–Kier alpha value is -1.02. The Morgan fingerprint density at radius 2 is 1.50 bits per heavy atom. The first-order chi connectivity index (χ1) is 7.54. The van der Waals surface area contributed by atoms with E-state index < -0.39 is 0 Å². The van der Waals surface area contributed by atoms with Crippen molar-refractivity contribution in [2.75, 3.05) is 7.11 Å². The minimum atomic E-state index is 0.571. The smallest absolute Gasteiger partial charge is 0.118 e. The zero-order valence-electron chi connectivity index (χ0n) is 11.0. The van der Waals surface area contributed by atoms with Crippen LogP contribution in [0.2, 0.25) is 0 Å². The predicted molar refractivity (Wildman–Crippen MR) is 68.8 cm³/mol. The van der Waals surface area contributed by atoms with E-state index >= 15 is 0 Å². The Balaban J connectivity index is 2.70. The number of nitrogens with zero attached hydrogens (tertiary/aromatic N) is 1. The molecule has 16 heavy (non-hydrogen) atoms. The second kappa shape index (κ2) is 5.90. The van der Waals surface area contributed by atoms with Crippen molar-refractivity contribution in [2.45, 2.75) is 46.3 Å². The Morgan fingerprint density at radius 3 is 1.88 bits per heavy atom. The molecule has 1 aromatic carbocycles. The lowest BCUT2D eigenvalue weighted by Gasteiger charge is -2.30. The maximum absolute atomic E-state index is 5.16. The molecule has 0 amide bonds. The minimum absolute atomic E-state index is 0.571. The van der Waals surface area contributed by atoms with Gasteiger partial charge in [-0.05, 0) is 45.4 Å². The van der Waals surface area contributed by atoms with E-state index in [1.54, 1.807) is 7.11 Å². The molecular weight excluding hydrogens is 198 g/mol. The number of ether oxygens (including phenoxy) is 1. The topological polar surface area (TPSA) is 12.5 Å². The van der Waals surface area contributed by atoms with Gasteiger partial charge in [-0.2, -0.15) is 0 Å². The Labute approximate surface area is 99.2 Å². The average Bonchev–Trinajstić information content (AvgIpc) is 2.25. The molecule has 0 aliphatic carbocycles. The van der Waals surface area contributed by atoms with Gasteiger partial charge in [-0.1, -0.05) is 12.1 Å². The van der Waals surface area contributed by atoms with Crippen LogP contribution in [0, 0.1) is 0 Å². The Bertz CT molecular complexity index is 295. The molecule has 0 saturated heterocycles. The molecule has 0 N–H and O–H groups in total. The SMILES string of the molecule is COc1ccc(CN(C(C)C)C(C)C)cc1. The van der Waals surface area contributed by atoms with Crippen LogP contribution in [0.5, 0.6) is 5.75 Å². The van der Waals surface area contributed by atoms with Crippen LogP contribution in [-0.2, 0) is 6.54 Å². The van der Waals surface area contributed by atoms with Crippen molar-refractivity contribution in [3.8, 4) is 5.75 Å². The fourth-order valence-corrected chi connectivity index (χ4v) is 1.90. The normalized spacial score (nSPS) is 11.5. The summed E-state index contributed by atoms with van der Waals surface area (Å²) < 4.78 is 5.16. The third-order valence-corrected chi connectivity index (χ3v) is 2.85. The van der Waals surface area contributed by atoms with Crippen molar-refractivity contribution in [1.82, 2.24) is 4.90 Å². The van der Waals surface area contributed by atoms with Gasteiger partial charge in [0.05, 0.1) is 7.11 Å². The third-order valence-electron chi connectivity index (χ3n) is 2.85. The van der Waals surface area contributed by atoms with Gasteiger partial charge in [-0.15, -0.1) is 0 Å². The summed E-state index contributed by atoms with van der Waals surface area (Å²) in [7, 11) is 1.70. The number of rotatable bonds is 5. The first-order valence-corrected chi connectivity index (χ1v) is 5.93. The van der Waals surface area contributed by atoms with Crippen LogP contribution in [0.4, 0.5) is 0 Å². The van der Waals surface area contributed by atoms with Crippen LogP contribution in [0.3, 0.4) is 0 Å². The summed E-state index contributed by atoms with van der Waals surface area (Å²) in [5.41, 5.74) is 1.34. The van der Waals surface area contributed by atoms with E-state index in [0.29, 0.717) is 12.1 Å². The molecule has 0 fully saturated rings. The van der Waals surface area contributed by atoms with Crippen molar-refractivity contribution >= 4 is 0 Å². The van der Waals surface area contributed by atoms with Gasteiger partial charge >= 0.3 is 0 Å². The molecule has 0 aromatic heterocycles. The highest BCUT2D eigenvalue weighted by Gasteiger charge is 2.13. The van der Waals surface area contributed by atoms with E-state index in [-0.39, 0.29) is 0 Å². The number of hydrogen-bond acceptors (Lipinski definition) is 2. The van der Waals surface area contributed by atoms with Crippen LogP contribution in [0.1, 0.15) is 33.3 Å². The fourth-order valence-electron chi connectivity index (χ4n) is 1.90. The Kier molecular flexibility index (Phi) is 4.81. The number of benzene rings is 1. The Morgan fingerprint density at radius 1 is 1.00 bits per heavy atom. The summed E-state index contributed by atoms with van der Waals surface area (Å²) in [5, 5.41) is 0. The zero-order valence-corrected chi connectivity index (χ0v) is 11.0. The molecular formula is C14H23NO. The van der Waals surface area contributed by atoms with Gasteiger partial charge in [-0.25, -0.2) is 0 Å². The lowest BCUT2D eigenvalue weighted by atomic mass is 10.1. The maximum Gasteiger partial charge on any atom is 0.118 e. The predicted octanol–water partition coefficient (Wildman–Crippen LogP) is 3.31. The van der Waals surface area contributed by atoms with Crippen LogP contribution in [-0.4, -0.2) is 24.1 Å². The van der Waals surface area contributed by atoms with E-state index in [1.165, 1.54) is 5.56 Å². The van der Waals surface area contributed by atoms with Gasteiger partial charge in [0.2, 0.25) is 0 Å². The molecule has 2 heteroatoms. The first-order valence-electron chi connectivity index (χ1n) is 5.93. The van der Waals surface area contributed by atoms with Gasteiger partial charge < -0.3 is 4.74 Å². The highest BCUT2D eigenvalue weighted by atomic mass is 16.5. The van der Waals surface area contributed by atoms with Crippen molar-refractivity contribution in [2.24, 2.45) is 0 Å². The quantitative estimate of drug-likeness (QED) is 0.756. The summed E-state index contributed by atoms with van der Waals surface area (Å²) in [6, 6.07) is 9.46. The monoisotopic (exact) mass is 221 g/mol. The second-order valence-electron chi connectivity index (χ2n) is 4.71. The third kappa shape index (κ3) is 3.53. The number of hydrogen-bond donors (Lipinski definition) is 0. The van der Waals surface area contributed by atoms with Crippen molar-refractivity contribution in [3.63, 3.8) is 0 Å². The molecule has 2 nitrogen and oxygen atoms in total. The molecule has 0 aliphatic heterocycles. The molecule has 0 bridgehead atoms. The van der Waals surface area contributed by atoms with Crippen LogP contribution in [0.25, 0.3) is 0 Å². The molecule has 0 heterocycles. The zero-order chi connectivity index (χ0) is 12.1. The highest BCUT2D eigenvalue weighted by Crippen LogP contribution is 2.15. The van der Waals surface area contributed by atoms with Crippen molar-refractivity contribution < 1.29 is 4.74 Å². The summed E-state index contributed by atoms with van der Waals surface area (Å²) in [6.45, 7) is 9.96. The van der Waals surface area contributed by atoms with E-state index in [2.05, 4.69) is 44.7 Å². The molecule has 1 aromatic rings. The van der Waals surface area contributed by atoms with Crippen molar-refractivity contribution in [3.05, 3.63) is 29.8 Å². The molecule has 0 spiro atoms. The van der Waals surface area contributed by atoms with Crippen LogP contribution >= 0.6 is 0 Å². The molecule has 90 valence electrons. The van der Waals surface area contributed by atoms with Gasteiger partial charge in [0, 0.05) is 18.6 Å². The number of methoxy groups -OCH3 is 1. The molecule has 1 rings (SSSR count). The van der Waals surface area contributed by atoms with Crippen LogP contribution < -0.4 is 4.74 Å². The average molecular weight is 221 g/mol. The lowest BCUT2D eigenvalue weighted by molar-refractivity contribution is 0.166. The maximum atomic E-state index is 5.16.